The van der Waals surface area contributed by atoms with Crippen LogP contribution in [0.2, 0.25) is 0 Å². The number of carbonyl (C=O) groups excluding carboxylic acids is 2. The fraction of sp³-hybridized carbons (Fsp3) is 0.304. The van der Waals surface area contributed by atoms with Crippen LogP contribution in [0.3, 0.4) is 0 Å². The van der Waals surface area contributed by atoms with Crippen LogP contribution in [0.4, 0.5) is 21.9 Å². The van der Waals surface area contributed by atoms with Crippen molar-refractivity contribution in [1.82, 2.24) is 0 Å². The maximum absolute atomic E-state index is 13.0. The maximum atomic E-state index is 13.0. The summed E-state index contributed by atoms with van der Waals surface area (Å²) in [5.74, 6) is 1.12. The third kappa shape index (κ3) is 4.56. The lowest BCUT2D eigenvalue weighted by Gasteiger charge is -2.27. The van der Waals surface area contributed by atoms with Gasteiger partial charge in [-0.05, 0) is 51.1 Å². The number of hydrogen-bond acceptors (Lipinski definition) is 4. The van der Waals surface area contributed by atoms with Crippen LogP contribution in [0.5, 0.6) is 11.5 Å². The number of ether oxygens (including phenoxy) is 2. The van der Waals surface area contributed by atoms with E-state index in [2.05, 4.69) is 17.2 Å². The Kier molecular flexibility index (Phi) is 6.30. The van der Waals surface area contributed by atoms with Crippen molar-refractivity contribution in [3.8, 4) is 11.5 Å². The predicted molar refractivity (Wildman–Crippen MR) is 119 cm³/mol. The molecule has 3 amide bonds. The number of anilines is 3. The molecular formula is C23H27N3O4. The number of para-hydroxylation sites is 2. The molecule has 0 bridgehead atoms. The highest BCUT2D eigenvalue weighted by Crippen LogP contribution is 2.38. The zero-order chi connectivity index (χ0) is 21.7. The van der Waals surface area contributed by atoms with E-state index in [0.717, 1.165) is 0 Å². The van der Waals surface area contributed by atoms with Crippen molar-refractivity contribution in [3.05, 3.63) is 55.1 Å². The average Bonchev–Trinajstić information content (AvgIpc) is 2.80. The van der Waals surface area contributed by atoms with E-state index in [1.165, 1.54) is 0 Å². The van der Waals surface area contributed by atoms with Crippen LogP contribution in [-0.4, -0.2) is 31.7 Å². The first-order chi connectivity index (χ1) is 14.4. The quantitative estimate of drug-likeness (QED) is 0.680. The van der Waals surface area contributed by atoms with Crippen LogP contribution >= 0.6 is 0 Å². The molecule has 30 heavy (non-hydrogen) atoms. The molecule has 0 saturated carbocycles. The van der Waals surface area contributed by atoms with Gasteiger partial charge in [0.05, 0.1) is 23.4 Å². The molecule has 0 radical (unpaired) electrons. The van der Waals surface area contributed by atoms with E-state index in [4.69, 9.17) is 9.47 Å². The Morgan fingerprint density at radius 3 is 2.77 bits per heavy atom. The molecule has 1 heterocycles. The van der Waals surface area contributed by atoms with Crippen molar-refractivity contribution in [2.45, 2.75) is 20.8 Å². The molecule has 3 rings (SSSR count). The number of carbonyl (C=O) groups is 2. The summed E-state index contributed by atoms with van der Waals surface area (Å²) in [7, 11) is 0. The Balaban J connectivity index is 1.82. The van der Waals surface area contributed by atoms with Crippen LogP contribution in [0, 0.1) is 5.41 Å². The molecule has 0 atom stereocenters. The number of urea groups is 1. The number of nitrogens with zero attached hydrogens (tertiary/aromatic N) is 1. The van der Waals surface area contributed by atoms with Crippen molar-refractivity contribution < 1.29 is 19.1 Å². The Morgan fingerprint density at radius 2 is 2.03 bits per heavy atom. The monoisotopic (exact) mass is 409 g/mol. The molecule has 1 aliphatic heterocycles. The summed E-state index contributed by atoms with van der Waals surface area (Å²) in [6.45, 7) is 10.4. The molecule has 0 fully saturated rings. The SMILES string of the molecule is C=CCN1C(=O)C(C)(C)COc2ccc(NC(=O)Nc3ccccc3OCC)cc21. The standard InChI is InChI=1S/C23H27N3O4/c1-5-13-26-18-14-16(11-12-20(18)30-15-23(3,4)21(26)27)24-22(28)25-17-9-7-8-10-19(17)29-6-2/h5,7-12,14H,1,6,13,15H2,2-4H3,(H2,24,25,28). The number of amides is 3. The van der Waals surface area contributed by atoms with Gasteiger partial charge in [0.25, 0.3) is 0 Å². The topological polar surface area (TPSA) is 79.9 Å². The Morgan fingerprint density at radius 1 is 1.27 bits per heavy atom. The summed E-state index contributed by atoms with van der Waals surface area (Å²) in [5, 5.41) is 5.59. The summed E-state index contributed by atoms with van der Waals surface area (Å²) >= 11 is 0. The van der Waals surface area contributed by atoms with Gasteiger partial charge in [-0.15, -0.1) is 6.58 Å². The van der Waals surface area contributed by atoms with Gasteiger partial charge in [-0.25, -0.2) is 4.79 Å². The molecule has 1 aliphatic rings. The summed E-state index contributed by atoms with van der Waals surface area (Å²) in [6, 6.07) is 12.0. The van der Waals surface area contributed by atoms with E-state index in [1.807, 2.05) is 32.9 Å². The van der Waals surface area contributed by atoms with Crippen LogP contribution in [0.25, 0.3) is 0 Å². The molecule has 2 aromatic carbocycles. The van der Waals surface area contributed by atoms with Crippen molar-refractivity contribution in [2.75, 3.05) is 35.3 Å². The number of benzene rings is 2. The van der Waals surface area contributed by atoms with Gasteiger partial charge in [0, 0.05) is 12.2 Å². The number of nitrogens with one attached hydrogen (secondary N) is 2. The van der Waals surface area contributed by atoms with Gasteiger partial charge in [-0.3, -0.25) is 4.79 Å². The molecule has 2 N–H and O–H groups in total. The second-order valence-corrected chi connectivity index (χ2v) is 7.57. The minimum absolute atomic E-state index is 0.0617. The Bertz CT molecular complexity index is 955. The minimum Gasteiger partial charge on any atom is -0.492 e. The van der Waals surface area contributed by atoms with E-state index in [0.29, 0.717) is 41.7 Å². The molecule has 7 heteroatoms. The van der Waals surface area contributed by atoms with Crippen molar-refractivity contribution in [2.24, 2.45) is 5.41 Å². The lowest BCUT2D eigenvalue weighted by Crippen LogP contribution is -2.42. The normalized spacial score (nSPS) is 14.8. The van der Waals surface area contributed by atoms with E-state index in [-0.39, 0.29) is 12.5 Å². The lowest BCUT2D eigenvalue weighted by atomic mass is 9.93. The first-order valence-electron chi connectivity index (χ1n) is 9.85. The lowest BCUT2D eigenvalue weighted by molar-refractivity contribution is -0.127. The van der Waals surface area contributed by atoms with Gasteiger partial charge in [-0.1, -0.05) is 18.2 Å². The first-order valence-corrected chi connectivity index (χ1v) is 9.85. The fourth-order valence-electron chi connectivity index (χ4n) is 3.17. The van der Waals surface area contributed by atoms with E-state index >= 15 is 0 Å². The predicted octanol–water partition coefficient (Wildman–Crippen LogP) is 4.67. The van der Waals surface area contributed by atoms with E-state index in [9.17, 15) is 9.59 Å². The number of hydrogen-bond donors (Lipinski definition) is 2. The van der Waals surface area contributed by atoms with Gasteiger partial charge in [0.2, 0.25) is 5.91 Å². The number of fused-ring (bicyclic) bond motifs is 1. The molecule has 0 saturated heterocycles. The first kappa shape index (κ1) is 21.2. The second kappa shape index (κ2) is 8.90. The highest BCUT2D eigenvalue weighted by atomic mass is 16.5. The maximum Gasteiger partial charge on any atom is 0.323 e. The summed E-state index contributed by atoms with van der Waals surface area (Å²) in [6.07, 6.45) is 1.67. The largest absolute Gasteiger partial charge is 0.492 e. The van der Waals surface area contributed by atoms with Crippen LogP contribution in [-0.2, 0) is 4.79 Å². The summed E-state index contributed by atoms with van der Waals surface area (Å²) < 4.78 is 11.4. The number of rotatable bonds is 6. The third-order valence-corrected chi connectivity index (χ3v) is 4.67. The van der Waals surface area contributed by atoms with E-state index < -0.39 is 11.4 Å². The highest BCUT2D eigenvalue weighted by Gasteiger charge is 2.37. The smallest absolute Gasteiger partial charge is 0.323 e. The fourth-order valence-corrected chi connectivity index (χ4v) is 3.17. The zero-order valence-corrected chi connectivity index (χ0v) is 17.5. The van der Waals surface area contributed by atoms with Gasteiger partial charge < -0.3 is 25.0 Å². The average molecular weight is 409 g/mol. The molecule has 158 valence electrons. The molecule has 2 aromatic rings. The second-order valence-electron chi connectivity index (χ2n) is 7.57. The molecule has 0 spiro atoms. The van der Waals surface area contributed by atoms with E-state index in [1.54, 1.807) is 41.3 Å². The Labute approximate surface area is 176 Å². The molecule has 0 unspecified atom stereocenters. The molecule has 7 nitrogen and oxygen atoms in total. The highest BCUT2D eigenvalue weighted by molar-refractivity contribution is 6.03. The van der Waals surface area contributed by atoms with Crippen LogP contribution < -0.4 is 25.0 Å². The third-order valence-electron chi connectivity index (χ3n) is 4.67. The Hall–Kier alpha value is -3.48. The van der Waals surface area contributed by atoms with Crippen molar-refractivity contribution in [1.29, 1.82) is 0 Å². The summed E-state index contributed by atoms with van der Waals surface area (Å²) in [5.41, 5.74) is 1.03. The van der Waals surface area contributed by atoms with Gasteiger partial charge >= 0.3 is 6.03 Å². The summed E-state index contributed by atoms with van der Waals surface area (Å²) in [4.78, 5) is 27.1. The minimum atomic E-state index is -0.671. The van der Waals surface area contributed by atoms with Gasteiger partial charge in [0.15, 0.2) is 0 Å². The van der Waals surface area contributed by atoms with Crippen molar-refractivity contribution in [3.63, 3.8) is 0 Å². The van der Waals surface area contributed by atoms with Gasteiger partial charge in [-0.2, -0.15) is 0 Å². The molecule has 0 aliphatic carbocycles. The van der Waals surface area contributed by atoms with Crippen LogP contribution in [0.1, 0.15) is 20.8 Å². The van der Waals surface area contributed by atoms with Crippen LogP contribution in [0.15, 0.2) is 55.1 Å². The van der Waals surface area contributed by atoms with Crippen molar-refractivity contribution >= 4 is 29.0 Å². The molecular weight excluding hydrogens is 382 g/mol. The zero-order valence-electron chi connectivity index (χ0n) is 17.5. The van der Waals surface area contributed by atoms with Gasteiger partial charge in [0.1, 0.15) is 18.1 Å². The molecule has 0 aromatic heterocycles.